The third kappa shape index (κ3) is 2.78. The van der Waals surface area contributed by atoms with Gasteiger partial charge in [-0.05, 0) is 39.3 Å². The van der Waals surface area contributed by atoms with Gasteiger partial charge in [0.05, 0.1) is 5.56 Å². The Hall–Kier alpha value is -1.84. The lowest BCUT2D eigenvalue weighted by atomic mass is 9.92. The molecular formula is C15H18O4. The Labute approximate surface area is 112 Å². The van der Waals surface area contributed by atoms with Gasteiger partial charge < -0.3 is 9.47 Å². The van der Waals surface area contributed by atoms with Crippen LogP contribution in [0.5, 0.6) is 5.75 Å². The first kappa shape index (κ1) is 13.6. The fraction of sp³-hybridized carbons (Fsp3) is 0.467. The molecule has 1 aliphatic rings. The number of rotatable bonds is 1. The van der Waals surface area contributed by atoms with Crippen LogP contribution in [-0.4, -0.2) is 24.0 Å². The number of aryl methyl sites for hydroxylation is 1. The maximum atomic E-state index is 12.4. The first-order valence-corrected chi connectivity index (χ1v) is 6.29. The summed E-state index contributed by atoms with van der Waals surface area (Å²) in [6.45, 7) is 7.20. The minimum Gasteiger partial charge on any atom is -0.491 e. The lowest BCUT2D eigenvalue weighted by molar-refractivity contribution is -0.159. The van der Waals surface area contributed by atoms with E-state index in [0.29, 0.717) is 11.3 Å². The van der Waals surface area contributed by atoms with Crippen molar-refractivity contribution in [2.75, 3.05) is 6.61 Å². The second kappa shape index (κ2) is 4.68. The summed E-state index contributed by atoms with van der Waals surface area (Å²) in [5.41, 5.74) is 0.698. The van der Waals surface area contributed by atoms with Gasteiger partial charge in [0.25, 0.3) is 0 Å². The maximum Gasteiger partial charge on any atom is 0.320 e. The average Bonchev–Trinajstić information content (AvgIpc) is 2.26. The Morgan fingerprint density at radius 3 is 2.68 bits per heavy atom. The van der Waals surface area contributed by atoms with Gasteiger partial charge in [-0.1, -0.05) is 12.1 Å². The quantitative estimate of drug-likeness (QED) is 0.576. The number of ether oxygens (including phenoxy) is 2. The number of fused-ring (bicyclic) bond motifs is 1. The van der Waals surface area contributed by atoms with Gasteiger partial charge in [-0.15, -0.1) is 0 Å². The normalized spacial score (nSPS) is 18.5. The van der Waals surface area contributed by atoms with Gasteiger partial charge in [0, 0.05) is 0 Å². The summed E-state index contributed by atoms with van der Waals surface area (Å²) >= 11 is 0. The van der Waals surface area contributed by atoms with E-state index in [-0.39, 0.29) is 12.4 Å². The predicted molar refractivity (Wildman–Crippen MR) is 70.3 cm³/mol. The van der Waals surface area contributed by atoms with E-state index in [1.165, 1.54) is 0 Å². The molecule has 1 heterocycles. The smallest absolute Gasteiger partial charge is 0.320 e. The number of ketones is 1. The molecule has 0 fully saturated rings. The van der Waals surface area contributed by atoms with Crippen molar-refractivity contribution in [3.05, 3.63) is 29.3 Å². The molecule has 0 aliphatic carbocycles. The molecule has 2 rings (SSSR count). The molecule has 1 aromatic carbocycles. The van der Waals surface area contributed by atoms with Gasteiger partial charge in [-0.2, -0.15) is 0 Å². The third-order valence-electron chi connectivity index (χ3n) is 2.89. The third-order valence-corrected chi connectivity index (χ3v) is 2.89. The molecule has 0 saturated heterocycles. The van der Waals surface area contributed by atoms with Crippen LogP contribution < -0.4 is 4.74 Å². The van der Waals surface area contributed by atoms with Gasteiger partial charge in [-0.25, -0.2) is 0 Å². The minimum absolute atomic E-state index is 0.0458. The molecule has 4 heteroatoms. The molecule has 1 unspecified atom stereocenters. The molecule has 0 amide bonds. The first-order chi connectivity index (χ1) is 8.79. The average molecular weight is 262 g/mol. The van der Waals surface area contributed by atoms with Crippen molar-refractivity contribution in [1.29, 1.82) is 0 Å². The fourth-order valence-electron chi connectivity index (χ4n) is 2.05. The van der Waals surface area contributed by atoms with E-state index in [9.17, 15) is 9.59 Å². The van der Waals surface area contributed by atoms with Crippen LogP contribution in [0.3, 0.4) is 0 Å². The zero-order valence-corrected chi connectivity index (χ0v) is 11.6. The molecular weight excluding hydrogens is 244 g/mol. The van der Waals surface area contributed by atoms with Crippen molar-refractivity contribution in [2.24, 2.45) is 5.92 Å². The van der Waals surface area contributed by atoms with Gasteiger partial charge in [0.15, 0.2) is 11.7 Å². The van der Waals surface area contributed by atoms with Crippen molar-refractivity contribution >= 4 is 11.8 Å². The summed E-state index contributed by atoms with van der Waals surface area (Å²) in [5.74, 6) is -1.06. The Bertz CT molecular complexity index is 525. The molecule has 1 atom stereocenters. The summed E-state index contributed by atoms with van der Waals surface area (Å²) in [7, 11) is 0. The van der Waals surface area contributed by atoms with E-state index in [2.05, 4.69) is 0 Å². The zero-order chi connectivity index (χ0) is 14.2. The number of esters is 1. The van der Waals surface area contributed by atoms with Crippen molar-refractivity contribution < 1.29 is 19.1 Å². The van der Waals surface area contributed by atoms with Crippen LogP contribution in [0.4, 0.5) is 0 Å². The van der Waals surface area contributed by atoms with E-state index in [1.807, 2.05) is 19.1 Å². The molecule has 1 aliphatic heterocycles. The van der Waals surface area contributed by atoms with Crippen LogP contribution >= 0.6 is 0 Å². The number of carbonyl (C=O) groups excluding carboxylic acids is 2. The molecule has 0 bridgehead atoms. The molecule has 102 valence electrons. The molecule has 0 spiro atoms. The largest absolute Gasteiger partial charge is 0.491 e. The summed E-state index contributed by atoms with van der Waals surface area (Å²) in [4.78, 5) is 24.4. The molecule has 4 nitrogen and oxygen atoms in total. The molecule has 0 saturated carbocycles. The molecule has 1 aromatic rings. The summed E-state index contributed by atoms with van der Waals surface area (Å²) in [5, 5.41) is 0. The van der Waals surface area contributed by atoms with Crippen LogP contribution in [0.2, 0.25) is 0 Å². The molecule has 0 aromatic heterocycles. The van der Waals surface area contributed by atoms with E-state index < -0.39 is 17.5 Å². The highest BCUT2D eigenvalue weighted by Gasteiger charge is 2.37. The van der Waals surface area contributed by atoms with E-state index >= 15 is 0 Å². The van der Waals surface area contributed by atoms with E-state index in [4.69, 9.17) is 9.47 Å². The zero-order valence-electron chi connectivity index (χ0n) is 11.6. The minimum atomic E-state index is -0.868. The highest BCUT2D eigenvalue weighted by atomic mass is 16.6. The number of carbonyl (C=O) groups is 2. The molecule has 19 heavy (non-hydrogen) atoms. The number of hydrogen-bond acceptors (Lipinski definition) is 4. The predicted octanol–water partition coefficient (Wildman–Crippen LogP) is 2.53. The van der Waals surface area contributed by atoms with Crippen molar-refractivity contribution in [3.63, 3.8) is 0 Å². The van der Waals surface area contributed by atoms with Crippen molar-refractivity contribution in [2.45, 2.75) is 33.3 Å². The van der Waals surface area contributed by atoms with Gasteiger partial charge in [-0.3, -0.25) is 9.59 Å². The van der Waals surface area contributed by atoms with Crippen LogP contribution in [0.15, 0.2) is 18.2 Å². The number of Topliss-reactive ketones (excluding diaryl/α,β-unsaturated/α-hetero) is 1. The lowest BCUT2D eigenvalue weighted by Gasteiger charge is -2.27. The van der Waals surface area contributed by atoms with Crippen LogP contribution in [0, 0.1) is 12.8 Å². The summed E-state index contributed by atoms with van der Waals surface area (Å²) in [6.07, 6.45) is 0. The monoisotopic (exact) mass is 262 g/mol. The van der Waals surface area contributed by atoms with Gasteiger partial charge in [0.2, 0.25) is 0 Å². The van der Waals surface area contributed by atoms with E-state index in [1.54, 1.807) is 26.8 Å². The first-order valence-electron chi connectivity index (χ1n) is 6.29. The van der Waals surface area contributed by atoms with Gasteiger partial charge in [0.1, 0.15) is 18.0 Å². The molecule has 0 N–H and O–H groups in total. The second-order valence-corrected chi connectivity index (χ2v) is 5.71. The van der Waals surface area contributed by atoms with Crippen molar-refractivity contribution in [1.82, 2.24) is 0 Å². The topological polar surface area (TPSA) is 52.6 Å². The van der Waals surface area contributed by atoms with Crippen LogP contribution in [-0.2, 0) is 9.53 Å². The van der Waals surface area contributed by atoms with Crippen molar-refractivity contribution in [3.8, 4) is 5.75 Å². The molecule has 0 radical (unpaired) electrons. The van der Waals surface area contributed by atoms with Crippen LogP contribution in [0.25, 0.3) is 0 Å². The SMILES string of the molecule is Cc1cccc2c1C(=O)C(C(=O)OC(C)(C)C)CO2. The van der Waals surface area contributed by atoms with Crippen LogP contribution in [0.1, 0.15) is 36.7 Å². The Kier molecular flexibility index (Phi) is 3.35. The van der Waals surface area contributed by atoms with E-state index in [0.717, 1.165) is 5.56 Å². The number of hydrogen-bond donors (Lipinski definition) is 0. The summed E-state index contributed by atoms with van der Waals surface area (Å²) in [6, 6.07) is 5.40. The number of benzene rings is 1. The Balaban J connectivity index is 2.27. The Morgan fingerprint density at radius 1 is 1.37 bits per heavy atom. The lowest BCUT2D eigenvalue weighted by Crippen LogP contribution is -2.39. The second-order valence-electron chi connectivity index (χ2n) is 5.71. The standard InChI is InChI=1S/C15H18O4/c1-9-6-5-7-11-12(9)13(16)10(8-18-11)14(17)19-15(2,3)4/h5-7,10H,8H2,1-4H3. The fourth-order valence-corrected chi connectivity index (χ4v) is 2.05. The Morgan fingerprint density at radius 2 is 2.05 bits per heavy atom. The highest BCUT2D eigenvalue weighted by Crippen LogP contribution is 2.30. The van der Waals surface area contributed by atoms with Gasteiger partial charge >= 0.3 is 5.97 Å². The maximum absolute atomic E-state index is 12.4. The highest BCUT2D eigenvalue weighted by molar-refractivity contribution is 6.11. The summed E-state index contributed by atoms with van der Waals surface area (Å²) < 4.78 is 10.8.